The number of benzene rings is 1. The molecule has 0 spiro atoms. The highest BCUT2D eigenvalue weighted by Gasteiger charge is 2.25. The minimum atomic E-state index is -0.294. The average Bonchev–Trinajstić information content (AvgIpc) is 2.44. The Labute approximate surface area is 153 Å². The summed E-state index contributed by atoms with van der Waals surface area (Å²) in [4.78, 5) is 25.1. The SMILES string of the molecule is CC(C)(C)CCNC(=O)[C@@H](CC(=O)CC(C)(C)C)Cc1ccccc1. The van der Waals surface area contributed by atoms with Crippen LogP contribution in [0.25, 0.3) is 0 Å². The van der Waals surface area contributed by atoms with E-state index in [1.54, 1.807) is 0 Å². The maximum atomic E-state index is 12.7. The molecule has 0 fully saturated rings. The molecule has 1 aromatic carbocycles. The monoisotopic (exact) mass is 345 g/mol. The number of ketones is 1. The number of amides is 1. The lowest BCUT2D eigenvalue weighted by Gasteiger charge is -2.22. The molecule has 1 amide bonds. The summed E-state index contributed by atoms with van der Waals surface area (Å²) < 4.78 is 0. The van der Waals surface area contributed by atoms with E-state index in [2.05, 4.69) is 46.9 Å². The van der Waals surface area contributed by atoms with Gasteiger partial charge in [-0.2, -0.15) is 0 Å². The summed E-state index contributed by atoms with van der Waals surface area (Å²) in [6.07, 6.45) is 2.35. The van der Waals surface area contributed by atoms with E-state index in [9.17, 15) is 9.59 Å². The maximum absolute atomic E-state index is 12.7. The molecule has 1 aromatic rings. The van der Waals surface area contributed by atoms with Crippen molar-refractivity contribution >= 4 is 11.7 Å². The summed E-state index contributed by atoms with van der Waals surface area (Å²) in [7, 11) is 0. The van der Waals surface area contributed by atoms with Crippen LogP contribution in [0.2, 0.25) is 0 Å². The van der Waals surface area contributed by atoms with Crippen LogP contribution < -0.4 is 5.32 Å². The molecular weight excluding hydrogens is 310 g/mol. The Morgan fingerprint density at radius 3 is 2.08 bits per heavy atom. The summed E-state index contributed by atoms with van der Waals surface area (Å²) in [5, 5.41) is 3.04. The van der Waals surface area contributed by atoms with Gasteiger partial charge >= 0.3 is 0 Å². The van der Waals surface area contributed by atoms with Crippen LogP contribution in [0.4, 0.5) is 0 Å². The summed E-state index contributed by atoms with van der Waals surface area (Å²) >= 11 is 0. The molecule has 3 heteroatoms. The van der Waals surface area contributed by atoms with Crippen LogP contribution in [0, 0.1) is 16.7 Å². The lowest BCUT2D eigenvalue weighted by molar-refractivity contribution is -0.130. The van der Waals surface area contributed by atoms with Crippen molar-refractivity contribution in [3.05, 3.63) is 35.9 Å². The van der Waals surface area contributed by atoms with Gasteiger partial charge in [-0.25, -0.2) is 0 Å². The Kier molecular flexibility index (Phi) is 7.85. The molecule has 0 radical (unpaired) electrons. The van der Waals surface area contributed by atoms with E-state index in [0.717, 1.165) is 12.0 Å². The minimum absolute atomic E-state index is 0.00429. The molecule has 0 aliphatic rings. The molecule has 140 valence electrons. The van der Waals surface area contributed by atoms with Crippen molar-refractivity contribution < 1.29 is 9.59 Å². The number of hydrogen-bond donors (Lipinski definition) is 1. The van der Waals surface area contributed by atoms with Crippen molar-refractivity contribution in [1.29, 1.82) is 0 Å². The van der Waals surface area contributed by atoms with Gasteiger partial charge in [0, 0.05) is 25.3 Å². The van der Waals surface area contributed by atoms with Crippen molar-refractivity contribution in [2.75, 3.05) is 6.54 Å². The second kappa shape index (κ2) is 9.17. The van der Waals surface area contributed by atoms with E-state index in [1.165, 1.54) is 0 Å². The highest BCUT2D eigenvalue weighted by Crippen LogP contribution is 2.23. The quantitative estimate of drug-likeness (QED) is 0.736. The van der Waals surface area contributed by atoms with Crippen molar-refractivity contribution in [2.45, 2.75) is 67.2 Å². The first-order chi connectivity index (χ1) is 11.5. The van der Waals surface area contributed by atoms with E-state index < -0.39 is 0 Å². The number of nitrogens with one attached hydrogen (secondary N) is 1. The molecule has 1 rings (SSSR count). The molecule has 3 nitrogen and oxygen atoms in total. The molecule has 0 saturated carbocycles. The largest absolute Gasteiger partial charge is 0.356 e. The van der Waals surface area contributed by atoms with E-state index in [0.29, 0.717) is 25.8 Å². The third-order valence-electron chi connectivity index (χ3n) is 4.07. The molecule has 0 aromatic heterocycles. The fourth-order valence-corrected chi connectivity index (χ4v) is 2.80. The van der Waals surface area contributed by atoms with Gasteiger partial charge in [0.25, 0.3) is 0 Å². The molecule has 0 unspecified atom stereocenters. The average molecular weight is 346 g/mol. The lowest BCUT2D eigenvalue weighted by Crippen LogP contribution is -2.35. The molecule has 0 bridgehead atoms. The Balaban J connectivity index is 2.73. The predicted octanol–water partition coefficient (Wildman–Crippen LogP) is 4.79. The van der Waals surface area contributed by atoms with Gasteiger partial charge < -0.3 is 5.32 Å². The number of carbonyl (C=O) groups excluding carboxylic acids is 2. The van der Waals surface area contributed by atoms with E-state index in [-0.39, 0.29) is 28.4 Å². The van der Waals surface area contributed by atoms with Crippen molar-refractivity contribution in [3.8, 4) is 0 Å². The normalized spacial score (nSPS) is 13.4. The first-order valence-corrected chi connectivity index (χ1v) is 9.30. The first kappa shape index (κ1) is 21.4. The Bertz CT molecular complexity index is 550. The number of rotatable bonds is 8. The molecule has 0 saturated heterocycles. The van der Waals surface area contributed by atoms with Crippen LogP contribution >= 0.6 is 0 Å². The van der Waals surface area contributed by atoms with E-state index >= 15 is 0 Å². The summed E-state index contributed by atoms with van der Waals surface area (Å²) in [5.74, 6) is -0.132. The molecule has 0 heterocycles. The second-order valence-corrected chi connectivity index (χ2v) is 9.47. The van der Waals surface area contributed by atoms with Gasteiger partial charge in [-0.15, -0.1) is 0 Å². The summed E-state index contributed by atoms with van der Waals surface area (Å²) in [5.41, 5.74) is 1.24. The Hall–Kier alpha value is -1.64. The zero-order chi connectivity index (χ0) is 19.1. The zero-order valence-electron chi connectivity index (χ0n) is 16.8. The third kappa shape index (κ3) is 10.1. The summed E-state index contributed by atoms with van der Waals surface area (Å²) in [6.45, 7) is 13.3. The topological polar surface area (TPSA) is 46.2 Å². The van der Waals surface area contributed by atoms with Crippen molar-refractivity contribution in [1.82, 2.24) is 5.32 Å². The smallest absolute Gasteiger partial charge is 0.223 e. The fourth-order valence-electron chi connectivity index (χ4n) is 2.80. The fraction of sp³-hybridized carbons (Fsp3) is 0.636. The molecule has 25 heavy (non-hydrogen) atoms. The van der Waals surface area contributed by atoms with E-state index in [1.807, 2.05) is 30.3 Å². The van der Waals surface area contributed by atoms with Gasteiger partial charge in [-0.05, 0) is 29.2 Å². The molecular formula is C22H35NO2. The van der Waals surface area contributed by atoms with Gasteiger partial charge in [-0.3, -0.25) is 9.59 Å². The minimum Gasteiger partial charge on any atom is -0.356 e. The van der Waals surface area contributed by atoms with Crippen LogP contribution in [0.5, 0.6) is 0 Å². The van der Waals surface area contributed by atoms with Gasteiger partial charge in [-0.1, -0.05) is 71.9 Å². The Morgan fingerprint density at radius 1 is 0.960 bits per heavy atom. The van der Waals surface area contributed by atoms with Crippen molar-refractivity contribution in [2.24, 2.45) is 16.7 Å². The molecule has 0 aliphatic heterocycles. The lowest BCUT2D eigenvalue weighted by atomic mass is 9.85. The zero-order valence-corrected chi connectivity index (χ0v) is 16.8. The van der Waals surface area contributed by atoms with Gasteiger partial charge in [0.05, 0.1) is 0 Å². The highest BCUT2D eigenvalue weighted by atomic mass is 16.2. The summed E-state index contributed by atoms with van der Waals surface area (Å²) in [6, 6.07) is 9.95. The Morgan fingerprint density at radius 2 is 1.56 bits per heavy atom. The van der Waals surface area contributed by atoms with Crippen LogP contribution in [0.1, 0.15) is 66.4 Å². The first-order valence-electron chi connectivity index (χ1n) is 9.30. The van der Waals surface area contributed by atoms with Crippen molar-refractivity contribution in [3.63, 3.8) is 0 Å². The van der Waals surface area contributed by atoms with Crippen LogP contribution in [0.15, 0.2) is 30.3 Å². The number of carbonyl (C=O) groups is 2. The maximum Gasteiger partial charge on any atom is 0.223 e. The van der Waals surface area contributed by atoms with E-state index in [4.69, 9.17) is 0 Å². The third-order valence-corrected chi connectivity index (χ3v) is 4.07. The van der Waals surface area contributed by atoms with Crippen LogP contribution in [-0.2, 0) is 16.0 Å². The van der Waals surface area contributed by atoms with Crippen LogP contribution in [-0.4, -0.2) is 18.2 Å². The van der Waals surface area contributed by atoms with Gasteiger partial charge in [0.1, 0.15) is 5.78 Å². The molecule has 1 atom stereocenters. The second-order valence-electron chi connectivity index (χ2n) is 9.47. The predicted molar refractivity (Wildman–Crippen MR) is 104 cm³/mol. The molecule has 0 aliphatic carbocycles. The number of hydrogen-bond acceptors (Lipinski definition) is 2. The standard InChI is InChI=1S/C22H35NO2/c1-21(2,3)12-13-23-20(25)18(14-17-10-8-7-9-11-17)15-19(24)16-22(4,5)6/h7-11,18H,12-16H2,1-6H3,(H,23,25)/t18-/m1/s1. The molecule has 1 N–H and O–H groups in total. The van der Waals surface area contributed by atoms with Gasteiger partial charge in [0.15, 0.2) is 0 Å². The number of Topliss-reactive ketones (excluding diaryl/α,β-unsaturated/α-hetero) is 1. The van der Waals surface area contributed by atoms with Crippen LogP contribution in [0.3, 0.4) is 0 Å². The van der Waals surface area contributed by atoms with Gasteiger partial charge in [0.2, 0.25) is 5.91 Å². The highest BCUT2D eigenvalue weighted by molar-refractivity contribution is 5.87.